The van der Waals surface area contributed by atoms with Crippen LogP contribution < -0.4 is 0 Å². The van der Waals surface area contributed by atoms with Crippen LogP contribution in [0.3, 0.4) is 0 Å². The predicted molar refractivity (Wildman–Crippen MR) is 60.9 cm³/mol. The molecular formula is C11H11ClN2O2. The Labute approximate surface area is 97.5 Å². The Hall–Kier alpha value is -1.55. The second kappa shape index (κ2) is 3.49. The van der Waals surface area contributed by atoms with Gasteiger partial charge in [0.25, 0.3) is 0 Å². The van der Waals surface area contributed by atoms with Crippen molar-refractivity contribution in [1.29, 1.82) is 0 Å². The van der Waals surface area contributed by atoms with Crippen LogP contribution in [-0.2, 0) is 10.2 Å². The molecule has 2 rings (SSSR count). The van der Waals surface area contributed by atoms with Crippen molar-refractivity contribution in [3.8, 4) is 0 Å². The topological polar surface area (TPSA) is 54.6 Å². The molecule has 0 fully saturated rings. The quantitative estimate of drug-likeness (QED) is 0.874. The van der Waals surface area contributed by atoms with Crippen LogP contribution in [0.5, 0.6) is 0 Å². The number of hydrogen-bond acceptors (Lipinski definition) is 2. The molecule has 84 valence electrons. The molecule has 0 aliphatic rings. The van der Waals surface area contributed by atoms with E-state index in [0.717, 1.165) is 5.52 Å². The second-order valence-corrected chi connectivity index (χ2v) is 4.60. The molecule has 2 aromatic heterocycles. The highest BCUT2D eigenvalue weighted by Gasteiger charge is 2.33. The van der Waals surface area contributed by atoms with E-state index in [1.807, 2.05) is 0 Å². The minimum absolute atomic E-state index is 0.516. The molecule has 0 bridgehead atoms. The van der Waals surface area contributed by atoms with Crippen molar-refractivity contribution in [2.24, 2.45) is 0 Å². The van der Waals surface area contributed by atoms with Crippen LogP contribution in [0.25, 0.3) is 5.52 Å². The molecule has 0 aliphatic heterocycles. The number of carbonyl (C=O) groups is 1. The minimum atomic E-state index is -1.03. The van der Waals surface area contributed by atoms with Crippen LogP contribution in [0.15, 0.2) is 24.7 Å². The zero-order chi connectivity index (χ0) is 11.9. The third kappa shape index (κ3) is 1.55. The number of fused-ring (bicyclic) bond motifs is 1. The van der Waals surface area contributed by atoms with E-state index >= 15 is 0 Å². The average molecular weight is 239 g/mol. The molecule has 0 aromatic carbocycles. The number of carboxylic acids is 1. The molecule has 0 aliphatic carbocycles. The first-order valence-corrected chi connectivity index (χ1v) is 5.17. The van der Waals surface area contributed by atoms with Gasteiger partial charge in [0.15, 0.2) is 0 Å². The van der Waals surface area contributed by atoms with E-state index in [-0.39, 0.29) is 0 Å². The van der Waals surface area contributed by atoms with Gasteiger partial charge in [0.05, 0.1) is 17.5 Å². The van der Waals surface area contributed by atoms with Gasteiger partial charge in [0.1, 0.15) is 5.41 Å². The number of hydrogen-bond donors (Lipinski definition) is 1. The van der Waals surface area contributed by atoms with Crippen molar-refractivity contribution < 1.29 is 9.90 Å². The first kappa shape index (κ1) is 11.0. The molecule has 5 heteroatoms. The number of aromatic nitrogens is 2. The lowest BCUT2D eigenvalue weighted by molar-refractivity contribution is -0.142. The van der Waals surface area contributed by atoms with Gasteiger partial charge in [0.2, 0.25) is 0 Å². The van der Waals surface area contributed by atoms with Crippen molar-refractivity contribution in [3.63, 3.8) is 0 Å². The van der Waals surface area contributed by atoms with Crippen LogP contribution in [0.4, 0.5) is 0 Å². The summed E-state index contributed by atoms with van der Waals surface area (Å²) in [6.07, 6.45) is 3.35. The number of aliphatic carboxylic acids is 1. The van der Waals surface area contributed by atoms with E-state index in [1.165, 1.54) is 0 Å². The van der Waals surface area contributed by atoms with E-state index in [2.05, 4.69) is 4.98 Å². The summed E-state index contributed by atoms with van der Waals surface area (Å²) in [5, 5.41) is 9.72. The zero-order valence-electron chi connectivity index (χ0n) is 8.94. The van der Waals surface area contributed by atoms with Gasteiger partial charge in [-0.1, -0.05) is 11.6 Å². The lowest BCUT2D eigenvalue weighted by Crippen LogP contribution is -2.29. The van der Waals surface area contributed by atoms with Crippen molar-refractivity contribution in [1.82, 2.24) is 9.38 Å². The molecule has 2 heterocycles. The van der Waals surface area contributed by atoms with E-state index in [4.69, 9.17) is 16.7 Å². The molecule has 0 unspecified atom stereocenters. The van der Waals surface area contributed by atoms with Crippen molar-refractivity contribution >= 4 is 23.1 Å². The molecule has 0 atom stereocenters. The highest BCUT2D eigenvalue weighted by Crippen LogP contribution is 2.27. The van der Waals surface area contributed by atoms with E-state index in [1.54, 1.807) is 42.9 Å². The third-order valence-corrected chi connectivity index (χ3v) is 2.86. The summed E-state index contributed by atoms with van der Waals surface area (Å²) < 4.78 is 1.76. The molecule has 0 spiro atoms. The molecule has 0 saturated carbocycles. The number of pyridine rings is 1. The third-order valence-electron chi connectivity index (χ3n) is 2.63. The standard InChI is InChI=1S/C11H11ClN2O2/c1-11(2,10(15)16)9-8-5-7(12)3-4-14(8)6-13-9/h3-6H,1-2H3,(H,15,16). The summed E-state index contributed by atoms with van der Waals surface area (Å²) in [6, 6.07) is 3.45. The van der Waals surface area contributed by atoms with E-state index in [0.29, 0.717) is 10.7 Å². The van der Waals surface area contributed by atoms with Crippen molar-refractivity contribution in [3.05, 3.63) is 35.4 Å². The van der Waals surface area contributed by atoms with Gasteiger partial charge in [-0.2, -0.15) is 0 Å². The van der Waals surface area contributed by atoms with Gasteiger partial charge >= 0.3 is 5.97 Å². The average Bonchev–Trinajstić information content (AvgIpc) is 2.60. The van der Waals surface area contributed by atoms with Gasteiger partial charge in [-0.05, 0) is 26.0 Å². The minimum Gasteiger partial charge on any atom is -0.481 e. The Balaban J connectivity index is 2.70. The summed E-state index contributed by atoms with van der Waals surface area (Å²) >= 11 is 5.89. The van der Waals surface area contributed by atoms with Gasteiger partial charge in [-0.3, -0.25) is 4.79 Å². The fourth-order valence-electron chi connectivity index (χ4n) is 1.55. The second-order valence-electron chi connectivity index (χ2n) is 4.16. The molecule has 0 saturated heterocycles. The normalized spacial score (nSPS) is 11.9. The van der Waals surface area contributed by atoms with E-state index in [9.17, 15) is 4.79 Å². The maximum absolute atomic E-state index is 11.2. The SMILES string of the molecule is CC(C)(C(=O)O)c1ncn2ccc(Cl)cc12. The summed E-state index contributed by atoms with van der Waals surface area (Å²) in [6.45, 7) is 3.25. The summed E-state index contributed by atoms with van der Waals surface area (Å²) in [7, 11) is 0. The van der Waals surface area contributed by atoms with Crippen LogP contribution in [0.1, 0.15) is 19.5 Å². The van der Waals surface area contributed by atoms with Gasteiger partial charge in [0, 0.05) is 11.2 Å². The number of imidazole rings is 1. The fraction of sp³-hybridized carbons (Fsp3) is 0.273. The number of carboxylic acid groups (broad SMARTS) is 1. The first-order chi connectivity index (χ1) is 7.43. The fourth-order valence-corrected chi connectivity index (χ4v) is 1.71. The monoisotopic (exact) mass is 238 g/mol. The van der Waals surface area contributed by atoms with Crippen molar-refractivity contribution in [2.45, 2.75) is 19.3 Å². The maximum Gasteiger partial charge on any atom is 0.315 e. The van der Waals surface area contributed by atoms with Gasteiger partial charge in [-0.15, -0.1) is 0 Å². The van der Waals surface area contributed by atoms with Crippen LogP contribution in [0, 0.1) is 0 Å². The van der Waals surface area contributed by atoms with Gasteiger partial charge in [-0.25, -0.2) is 4.98 Å². The smallest absolute Gasteiger partial charge is 0.315 e. The van der Waals surface area contributed by atoms with E-state index < -0.39 is 11.4 Å². The zero-order valence-corrected chi connectivity index (χ0v) is 9.69. The van der Waals surface area contributed by atoms with Gasteiger partial charge < -0.3 is 9.51 Å². The largest absolute Gasteiger partial charge is 0.481 e. The molecule has 0 radical (unpaired) electrons. The lowest BCUT2D eigenvalue weighted by atomic mass is 9.89. The summed E-state index contributed by atoms with van der Waals surface area (Å²) in [5.74, 6) is -0.909. The van der Waals surface area contributed by atoms with Crippen LogP contribution in [-0.4, -0.2) is 20.5 Å². The molecule has 16 heavy (non-hydrogen) atoms. The number of halogens is 1. The summed E-state index contributed by atoms with van der Waals surface area (Å²) in [4.78, 5) is 15.3. The Morgan fingerprint density at radius 3 is 2.88 bits per heavy atom. The molecule has 1 N–H and O–H groups in total. The van der Waals surface area contributed by atoms with Crippen LogP contribution >= 0.6 is 11.6 Å². The van der Waals surface area contributed by atoms with Crippen LogP contribution in [0.2, 0.25) is 5.02 Å². The Morgan fingerprint density at radius 1 is 1.56 bits per heavy atom. The predicted octanol–water partition coefficient (Wildman–Crippen LogP) is 2.35. The Bertz CT molecular complexity index is 560. The molecule has 0 amide bonds. The number of nitrogens with zero attached hydrogens (tertiary/aromatic N) is 2. The number of rotatable bonds is 2. The highest BCUT2D eigenvalue weighted by atomic mass is 35.5. The molecule has 4 nitrogen and oxygen atoms in total. The molecule has 2 aromatic rings. The lowest BCUT2D eigenvalue weighted by Gasteiger charge is -2.16. The Morgan fingerprint density at radius 2 is 2.25 bits per heavy atom. The maximum atomic E-state index is 11.2. The van der Waals surface area contributed by atoms with Crippen molar-refractivity contribution in [2.75, 3.05) is 0 Å². The highest BCUT2D eigenvalue weighted by molar-refractivity contribution is 6.30. The Kier molecular flexibility index (Phi) is 2.39. The molecular weight excluding hydrogens is 228 g/mol. The first-order valence-electron chi connectivity index (χ1n) is 4.79. The summed E-state index contributed by atoms with van der Waals surface area (Å²) in [5.41, 5.74) is 0.210.